The summed E-state index contributed by atoms with van der Waals surface area (Å²) in [6.45, 7) is 0. The number of rotatable bonds is 3. The van der Waals surface area contributed by atoms with Crippen LogP contribution in [-0.4, -0.2) is 17.1 Å². The number of aromatic nitrogens is 2. The van der Waals surface area contributed by atoms with Crippen molar-refractivity contribution >= 4 is 17.5 Å². The van der Waals surface area contributed by atoms with E-state index in [9.17, 15) is 0 Å². The number of hydrogen-bond donors (Lipinski definition) is 2. The Balaban J connectivity index is 2.26. The maximum absolute atomic E-state index is 5.49. The molecule has 5 nitrogen and oxygen atoms in total. The average Bonchev–Trinajstić information content (AvgIpc) is 2.30. The van der Waals surface area contributed by atoms with Crippen LogP contribution >= 0.6 is 0 Å². The highest BCUT2D eigenvalue weighted by atomic mass is 16.5. The largest absolute Gasteiger partial charge is 0.495 e. The number of nitrogen functional groups attached to an aromatic ring is 1. The first kappa shape index (κ1) is 10.2. The highest BCUT2D eigenvalue weighted by Crippen LogP contribution is 2.25. The quantitative estimate of drug-likeness (QED) is 0.818. The lowest BCUT2D eigenvalue weighted by Gasteiger charge is -2.09. The van der Waals surface area contributed by atoms with Crippen molar-refractivity contribution in [3.63, 3.8) is 0 Å². The molecule has 0 unspecified atom stereocenters. The molecule has 0 fully saturated rings. The minimum Gasteiger partial charge on any atom is -0.495 e. The third-order valence-corrected chi connectivity index (χ3v) is 2.04. The van der Waals surface area contributed by atoms with Gasteiger partial charge in [0.1, 0.15) is 11.6 Å². The van der Waals surface area contributed by atoms with Crippen molar-refractivity contribution in [1.29, 1.82) is 0 Å². The van der Waals surface area contributed by atoms with Gasteiger partial charge in [0.15, 0.2) is 0 Å². The molecule has 2 aromatic rings. The second-order valence-corrected chi connectivity index (χ2v) is 3.13. The molecule has 1 aromatic carbocycles. The topological polar surface area (TPSA) is 73.1 Å². The third kappa shape index (κ3) is 2.20. The number of hydrogen-bond acceptors (Lipinski definition) is 5. The number of nitrogens with zero attached hydrogens (tertiary/aromatic N) is 2. The first-order chi connectivity index (χ1) is 7.79. The molecule has 0 amide bonds. The molecule has 0 aliphatic heterocycles. The van der Waals surface area contributed by atoms with Gasteiger partial charge in [-0.2, -0.15) is 4.98 Å². The SMILES string of the molecule is COc1ccccc1Nc1ccnc(N)n1. The molecule has 0 atom stereocenters. The van der Waals surface area contributed by atoms with Gasteiger partial charge < -0.3 is 15.8 Å². The molecule has 2 rings (SSSR count). The number of nitrogens with one attached hydrogen (secondary N) is 1. The molecule has 3 N–H and O–H groups in total. The molecule has 0 radical (unpaired) electrons. The number of nitrogens with two attached hydrogens (primary N) is 1. The molecule has 0 aliphatic rings. The molecule has 1 aromatic heterocycles. The highest BCUT2D eigenvalue weighted by Gasteiger charge is 2.02. The summed E-state index contributed by atoms with van der Waals surface area (Å²) in [7, 11) is 1.62. The molecule has 0 saturated carbocycles. The lowest BCUT2D eigenvalue weighted by atomic mass is 10.3. The molecular weight excluding hydrogens is 204 g/mol. The van der Waals surface area contributed by atoms with Crippen LogP contribution in [0, 0.1) is 0 Å². The summed E-state index contributed by atoms with van der Waals surface area (Å²) in [5, 5.41) is 3.11. The Labute approximate surface area is 93.3 Å². The fraction of sp³-hybridized carbons (Fsp3) is 0.0909. The number of para-hydroxylation sites is 2. The second kappa shape index (κ2) is 4.48. The van der Waals surface area contributed by atoms with Gasteiger partial charge in [-0.3, -0.25) is 0 Å². The van der Waals surface area contributed by atoms with Crippen molar-refractivity contribution in [1.82, 2.24) is 9.97 Å². The molecule has 0 saturated heterocycles. The molecule has 16 heavy (non-hydrogen) atoms. The number of benzene rings is 1. The van der Waals surface area contributed by atoms with Crippen LogP contribution in [0.15, 0.2) is 36.5 Å². The maximum atomic E-state index is 5.49. The second-order valence-electron chi connectivity index (χ2n) is 3.13. The molecule has 0 aliphatic carbocycles. The van der Waals surface area contributed by atoms with Crippen LogP contribution in [0.3, 0.4) is 0 Å². The van der Waals surface area contributed by atoms with Crippen LogP contribution in [0.5, 0.6) is 5.75 Å². The number of methoxy groups -OCH3 is 1. The zero-order valence-corrected chi connectivity index (χ0v) is 8.84. The van der Waals surface area contributed by atoms with Crippen LogP contribution in [-0.2, 0) is 0 Å². The van der Waals surface area contributed by atoms with Gasteiger partial charge >= 0.3 is 0 Å². The zero-order valence-electron chi connectivity index (χ0n) is 8.84. The molecule has 1 heterocycles. The molecule has 0 bridgehead atoms. The maximum Gasteiger partial charge on any atom is 0.221 e. The van der Waals surface area contributed by atoms with Gasteiger partial charge in [-0.15, -0.1) is 0 Å². The van der Waals surface area contributed by atoms with Gasteiger partial charge in [0.2, 0.25) is 5.95 Å². The predicted molar refractivity (Wildman–Crippen MR) is 62.7 cm³/mol. The van der Waals surface area contributed by atoms with Crippen LogP contribution in [0.4, 0.5) is 17.5 Å². The normalized spacial score (nSPS) is 9.81. The number of anilines is 3. The van der Waals surface area contributed by atoms with E-state index in [0.29, 0.717) is 5.82 Å². The minimum absolute atomic E-state index is 0.236. The van der Waals surface area contributed by atoms with Gasteiger partial charge in [-0.1, -0.05) is 12.1 Å². The third-order valence-electron chi connectivity index (χ3n) is 2.04. The minimum atomic E-state index is 0.236. The Morgan fingerprint density at radius 2 is 2.06 bits per heavy atom. The van der Waals surface area contributed by atoms with E-state index in [2.05, 4.69) is 15.3 Å². The van der Waals surface area contributed by atoms with E-state index in [4.69, 9.17) is 10.5 Å². The van der Waals surface area contributed by atoms with Crippen molar-refractivity contribution in [3.8, 4) is 5.75 Å². The monoisotopic (exact) mass is 216 g/mol. The van der Waals surface area contributed by atoms with E-state index in [0.717, 1.165) is 11.4 Å². The fourth-order valence-electron chi connectivity index (χ4n) is 1.33. The Bertz CT molecular complexity index is 487. The van der Waals surface area contributed by atoms with Crippen LogP contribution in [0.1, 0.15) is 0 Å². The van der Waals surface area contributed by atoms with E-state index in [-0.39, 0.29) is 5.95 Å². The van der Waals surface area contributed by atoms with Gasteiger partial charge in [0.05, 0.1) is 12.8 Å². The van der Waals surface area contributed by atoms with Crippen molar-refractivity contribution in [2.75, 3.05) is 18.2 Å². The van der Waals surface area contributed by atoms with E-state index < -0.39 is 0 Å². The highest BCUT2D eigenvalue weighted by molar-refractivity contribution is 5.64. The van der Waals surface area contributed by atoms with Crippen molar-refractivity contribution in [2.24, 2.45) is 0 Å². The summed E-state index contributed by atoms with van der Waals surface area (Å²) in [4.78, 5) is 7.86. The van der Waals surface area contributed by atoms with E-state index in [1.807, 2.05) is 24.3 Å². The molecular formula is C11H12N4O. The molecule has 82 valence electrons. The Kier molecular flexibility index (Phi) is 2.86. The molecule has 0 spiro atoms. The van der Waals surface area contributed by atoms with Crippen LogP contribution in [0.25, 0.3) is 0 Å². The number of ether oxygens (including phenoxy) is 1. The predicted octanol–water partition coefficient (Wildman–Crippen LogP) is 1.81. The summed E-state index contributed by atoms with van der Waals surface area (Å²) in [6, 6.07) is 9.32. The smallest absolute Gasteiger partial charge is 0.221 e. The summed E-state index contributed by atoms with van der Waals surface area (Å²) < 4.78 is 5.21. The summed E-state index contributed by atoms with van der Waals surface area (Å²) in [5.74, 6) is 1.62. The Hall–Kier alpha value is -2.30. The van der Waals surface area contributed by atoms with Crippen LogP contribution in [0.2, 0.25) is 0 Å². The Morgan fingerprint density at radius 3 is 2.81 bits per heavy atom. The lowest BCUT2D eigenvalue weighted by molar-refractivity contribution is 0.417. The van der Waals surface area contributed by atoms with Crippen molar-refractivity contribution in [2.45, 2.75) is 0 Å². The van der Waals surface area contributed by atoms with Gasteiger partial charge in [-0.05, 0) is 18.2 Å². The average molecular weight is 216 g/mol. The fourth-order valence-corrected chi connectivity index (χ4v) is 1.33. The van der Waals surface area contributed by atoms with E-state index in [1.165, 1.54) is 0 Å². The van der Waals surface area contributed by atoms with Crippen LogP contribution < -0.4 is 15.8 Å². The first-order valence-electron chi connectivity index (χ1n) is 4.78. The van der Waals surface area contributed by atoms with E-state index >= 15 is 0 Å². The van der Waals surface area contributed by atoms with Gasteiger partial charge in [0, 0.05) is 6.20 Å². The van der Waals surface area contributed by atoms with Gasteiger partial charge in [-0.25, -0.2) is 4.98 Å². The lowest BCUT2D eigenvalue weighted by Crippen LogP contribution is -2.00. The van der Waals surface area contributed by atoms with E-state index in [1.54, 1.807) is 19.4 Å². The van der Waals surface area contributed by atoms with Gasteiger partial charge in [0.25, 0.3) is 0 Å². The molecule has 5 heteroatoms. The zero-order chi connectivity index (χ0) is 11.4. The van der Waals surface area contributed by atoms with Crippen molar-refractivity contribution in [3.05, 3.63) is 36.5 Å². The standard InChI is InChI=1S/C11H12N4O/c1-16-9-5-3-2-4-8(9)14-10-6-7-13-11(12)15-10/h2-7H,1H3,(H3,12,13,14,15). The summed E-state index contributed by atoms with van der Waals surface area (Å²) in [6.07, 6.45) is 1.60. The summed E-state index contributed by atoms with van der Waals surface area (Å²) in [5.41, 5.74) is 6.33. The summed E-state index contributed by atoms with van der Waals surface area (Å²) >= 11 is 0. The Morgan fingerprint density at radius 1 is 1.25 bits per heavy atom. The van der Waals surface area contributed by atoms with Crippen molar-refractivity contribution < 1.29 is 4.74 Å². The first-order valence-corrected chi connectivity index (χ1v) is 4.78.